The molecule has 1 aromatic carbocycles. The molecule has 2 aliphatic heterocycles. The van der Waals surface area contributed by atoms with Gasteiger partial charge in [-0.05, 0) is 36.6 Å². The van der Waals surface area contributed by atoms with Crippen molar-refractivity contribution in [2.45, 2.75) is 44.1 Å². The average Bonchev–Trinajstić information content (AvgIpc) is 3.07. The van der Waals surface area contributed by atoms with Gasteiger partial charge in [-0.25, -0.2) is 4.63 Å². The summed E-state index contributed by atoms with van der Waals surface area (Å²) in [7, 11) is 0. The van der Waals surface area contributed by atoms with Crippen LogP contribution in [0, 0.1) is 0 Å². The first kappa shape index (κ1) is 14.4. The summed E-state index contributed by atoms with van der Waals surface area (Å²) in [6.07, 6.45) is -1.61. The molecule has 4 rings (SSSR count). The summed E-state index contributed by atoms with van der Waals surface area (Å²) in [5.41, 5.74) is 0.817. The fraction of sp³-hybridized carbons (Fsp3) is 0.533. The summed E-state index contributed by atoms with van der Waals surface area (Å²) in [6, 6.07) is 2.79. The topological polar surface area (TPSA) is 109 Å². The van der Waals surface area contributed by atoms with Gasteiger partial charge in [0, 0.05) is 18.2 Å². The molecule has 0 radical (unpaired) electrons. The molecule has 0 bridgehead atoms. The fourth-order valence-corrected chi connectivity index (χ4v) is 3.34. The second-order valence-electron chi connectivity index (χ2n) is 6.57. The van der Waals surface area contributed by atoms with Crippen molar-refractivity contribution in [2.24, 2.45) is 0 Å². The molecule has 2 N–H and O–H groups in total. The largest absolute Gasteiger partial charge is 0.485 e. The quantitative estimate of drug-likeness (QED) is 0.782. The first-order chi connectivity index (χ1) is 10.9. The van der Waals surface area contributed by atoms with E-state index in [2.05, 4.69) is 10.3 Å². The number of likely N-dealkylation sites (tertiary alicyclic amines) is 1. The molecule has 1 fully saturated rings. The molecule has 1 aromatic heterocycles. The minimum atomic E-state index is -1.02. The van der Waals surface area contributed by atoms with Crippen LogP contribution in [0.2, 0.25) is 0 Å². The van der Waals surface area contributed by atoms with Crippen LogP contribution >= 0.6 is 0 Å². The molecule has 122 valence electrons. The maximum Gasteiger partial charge on any atom is 0.252 e. The Morgan fingerprint density at radius 3 is 2.61 bits per heavy atom. The van der Waals surface area contributed by atoms with Crippen molar-refractivity contribution in [3.63, 3.8) is 0 Å². The molecule has 23 heavy (non-hydrogen) atoms. The van der Waals surface area contributed by atoms with Crippen LogP contribution in [0.1, 0.15) is 31.9 Å². The van der Waals surface area contributed by atoms with Gasteiger partial charge >= 0.3 is 0 Å². The van der Waals surface area contributed by atoms with Gasteiger partial charge in [-0.2, -0.15) is 0 Å². The van der Waals surface area contributed by atoms with E-state index in [1.54, 1.807) is 26.0 Å². The number of hydrogen-bond donors (Lipinski definition) is 2. The third kappa shape index (κ3) is 2.02. The number of hydrogen-bond acceptors (Lipinski definition) is 7. The van der Waals surface area contributed by atoms with Crippen molar-refractivity contribution in [3.8, 4) is 5.75 Å². The Morgan fingerprint density at radius 2 is 1.96 bits per heavy atom. The summed E-state index contributed by atoms with van der Waals surface area (Å²) < 4.78 is 10.6. The van der Waals surface area contributed by atoms with Gasteiger partial charge in [-0.15, -0.1) is 0 Å². The van der Waals surface area contributed by atoms with Crippen LogP contribution in [-0.2, 0) is 4.79 Å². The normalized spacial score (nSPS) is 29.7. The van der Waals surface area contributed by atoms with E-state index >= 15 is 0 Å². The number of aliphatic hydroxyl groups is 2. The summed E-state index contributed by atoms with van der Waals surface area (Å²) in [5, 5.41) is 28.1. The van der Waals surface area contributed by atoms with Crippen molar-refractivity contribution in [1.82, 2.24) is 15.2 Å². The highest BCUT2D eigenvalue weighted by atomic mass is 16.6. The molecule has 3 heterocycles. The van der Waals surface area contributed by atoms with E-state index in [0.717, 1.165) is 0 Å². The zero-order chi connectivity index (χ0) is 16.4. The molecular formula is C15H17N3O5. The summed E-state index contributed by atoms with van der Waals surface area (Å²) in [6.45, 7) is 3.90. The standard InChI is InChI=1S/C15H17N3O5/c1-15(2)13(20)12(18-4-3-10(19)14(18)21)7-5-8-9(17-23-16-8)6-11(7)22-15/h5-6,10,12-13,19-20H,3-4H2,1-2H3. The van der Waals surface area contributed by atoms with Crippen molar-refractivity contribution in [1.29, 1.82) is 0 Å². The summed E-state index contributed by atoms with van der Waals surface area (Å²) >= 11 is 0. The van der Waals surface area contributed by atoms with Crippen LogP contribution in [0.4, 0.5) is 0 Å². The molecule has 0 spiro atoms. The van der Waals surface area contributed by atoms with Crippen LogP contribution in [0.5, 0.6) is 5.75 Å². The Labute approximate surface area is 131 Å². The summed E-state index contributed by atoms with van der Waals surface area (Å²) in [4.78, 5) is 13.8. The molecule has 0 saturated carbocycles. The van der Waals surface area contributed by atoms with Crippen molar-refractivity contribution in [3.05, 3.63) is 17.7 Å². The van der Waals surface area contributed by atoms with E-state index < -0.39 is 23.9 Å². The second kappa shape index (κ2) is 4.65. The van der Waals surface area contributed by atoms with E-state index in [1.165, 1.54) is 4.90 Å². The lowest BCUT2D eigenvalue weighted by Crippen LogP contribution is -2.54. The van der Waals surface area contributed by atoms with Gasteiger partial charge in [0.25, 0.3) is 5.91 Å². The molecule has 0 aliphatic carbocycles. The first-order valence-corrected chi connectivity index (χ1v) is 7.50. The molecule has 2 aliphatic rings. The molecule has 2 aromatic rings. The number of benzene rings is 1. The number of fused-ring (bicyclic) bond motifs is 2. The lowest BCUT2D eigenvalue weighted by molar-refractivity contribution is -0.145. The molecule has 3 atom stereocenters. The minimum absolute atomic E-state index is 0.354. The number of rotatable bonds is 1. The van der Waals surface area contributed by atoms with E-state index in [-0.39, 0.29) is 5.91 Å². The minimum Gasteiger partial charge on any atom is -0.485 e. The van der Waals surface area contributed by atoms with Gasteiger partial charge in [-0.3, -0.25) is 4.79 Å². The van der Waals surface area contributed by atoms with Crippen molar-refractivity contribution in [2.75, 3.05) is 6.54 Å². The zero-order valence-electron chi connectivity index (χ0n) is 12.8. The number of carbonyl (C=O) groups is 1. The van der Waals surface area contributed by atoms with E-state index in [1.807, 2.05) is 0 Å². The Balaban J connectivity index is 1.88. The lowest BCUT2D eigenvalue weighted by atomic mass is 9.85. The maximum atomic E-state index is 12.3. The van der Waals surface area contributed by atoms with E-state index in [9.17, 15) is 15.0 Å². The van der Waals surface area contributed by atoms with E-state index in [4.69, 9.17) is 9.37 Å². The number of aliphatic hydroxyl groups excluding tert-OH is 2. The van der Waals surface area contributed by atoms with Gasteiger partial charge in [0.05, 0.1) is 6.04 Å². The molecular weight excluding hydrogens is 302 g/mol. The van der Waals surface area contributed by atoms with Crippen LogP contribution in [0.25, 0.3) is 11.0 Å². The SMILES string of the molecule is CC1(C)Oc2cc3nonc3cc2C(N2CCC(O)C2=O)C1O. The fourth-order valence-electron chi connectivity index (χ4n) is 3.34. The molecule has 3 unspecified atom stereocenters. The lowest BCUT2D eigenvalue weighted by Gasteiger charge is -2.45. The highest BCUT2D eigenvalue weighted by Gasteiger charge is 2.49. The van der Waals surface area contributed by atoms with Gasteiger partial charge in [-0.1, -0.05) is 0 Å². The Morgan fingerprint density at radius 1 is 1.26 bits per heavy atom. The summed E-state index contributed by atoms with van der Waals surface area (Å²) in [5.74, 6) is 0.152. The third-order valence-corrected chi connectivity index (χ3v) is 4.64. The van der Waals surface area contributed by atoms with Crippen molar-refractivity contribution >= 4 is 16.9 Å². The zero-order valence-corrected chi connectivity index (χ0v) is 12.8. The smallest absolute Gasteiger partial charge is 0.252 e. The monoisotopic (exact) mass is 319 g/mol. The van der Waals surface area contributed by atoms with Crippen LogP contribution in [0.3, 0.4) is 0 Å². The average molecular weight is 319 g/mol. The molecule has 1 amide bonds. The number of amides is 1. The van der Waals surface area contributed by atoms with Gasteiger partial charge in [0.1, 0.15) is 34.6 Å². The first-order valence-electron chi connectivity index (χ1n) is 7.50. The number of aromatic nitrogens is 2. The predicted octanol–water partition coefficient (Wildman–Crippen LogP) is 0.389. The Hall–Kier alpha value is -2.19. The van der Waals surface area contributed by atoms with Gasteiger partial charge in [0.15, 0.2) is 0 Å². The Bertz CT molecular complexity index is 787. The predicted molar refractivity (Wildman–Crippen MR) is 77.6 cm³/mol. The highest BCUT2D eigenvalue weighted by molar-refractivity contribution is 5.84. The number of nitrogens with zero attached hydrogens (tertiary/aromatic N) is 3. The van der Waals surface area contributed by atoms with Gasteiger partial charge in [0.2, 0.25) is 0 Å². The van der Waals surface area contributed by atoms with E-state index in [0.29, 0.717) is 35.3 Å². The van der Waals surface area contributed by atoms with Crippen LogP contribution < -0.4 is 4.74 Å². The van der Waals surface area contributed by atoms with Crippen LogP contribution in [-0.4, -0.2) is 55.7 Å². The highest BCUT2D eigenvalue weighted by Crippen LogP contribution is 2.45. The molecule has 8 heteroatoms. The number of carbonyl (C=O) groups excluding carboxylic acids is 1. The van der Waals surface area contributed by atoms with Gasteiger partial charge < -0.3 is 19.8 Å². The maximum absolute atomic E-state index is 12.3. The third-order valence-electron chi connectivity index (χ3n) is 4.64. The van der Waals surface area contributed by atoms with Crippen molar-refractivity contribution < 1.29 is 24.4 Å². The number of ether oxygens (including phenoxy) is 1. The molecule has 8 nitrogen and oxygen atoms in total. The Kier molecular flexibility index (Phi) is 2.91. The van der Waals surface area contributed by atoms with Crippen LogP contribution in [0.15, 0.2) is 16.8 Å². The second-order valence-corrected chi connectivity index (χ2v) is 6.57. The molecule has 1 saturated heterocycles.